The first-order valence-electron chi connectivity index (χ1n) is 10.1. The molecule has 30 heavy (non-hydrogen) atoms. The van der Waals surface area contributed by atoms with Gasteiger partial charge in [0, 0.05) is 28.7 Å². The van der Waals surface area contributed by atoms with Gasteiger partial charge in [0.25, 0.3) is 0 Å². The number of carbonyl (C=O) groups is 1. The van der Waals surface area contributed by atoms with Crippen LogP contribution in [0.4, 0.5) is 0 Å². The lowest BCUT2D eigenvalue weighted by atomic mass is 9.95. The molecule has 0 spiro atoms. The third-order valence-electron chi connectivity index (χ3n) is 5.33. The minimum atomic E-state index is -0.0316. The van der Waals surface area contributed by atoms with Gasteiger partial charge in [-0.2, -0.15) is 0 Å². The summed E-state index contributed by atoms with van der Waals surface area (Å²) in [7, 11) is 1.84. The second-order valence-electron chi connectivity index (χ2n) is 7.65. The third-order valence-corrected chi connectivity index (χ3v) is 6.13. The predicted molar refractivity (Wildman–Crippen MR) is 127 cm³/mol. The molecule has 0 heterocycles. The molecule has 2 aromatic rings. The van der Waals surface area contributed by atoms with Gasteiger partial charge >= 0.3 is 0 Å². The van der Waals surface area contributed by atoms with Crippen molar-refractivity contribution >= 4 is 52.1 Å². The van der Waals surface area contributed by atoms with Crippen LogP contribution in [0.5, 0.6) is 0 Å². The molecule has 160 valence electrons. The molecule has 1 fully saturated rings. The first-order chi connectivity index (χ1) is 14.3. The van der Waals surface area contributed by atoms with Crippen LogP contribution in [-0.4, -0.2) is 30.4 Å². The molecular weight excluding hydrogens is 441 g/mol. The number of amides is 1. The number of halogens is 3. The van der Waals surface area contributed by atoms with E-state index in [1.807, 2.05) is 30.1 Å². The Bertz CT molecular complexity index is 922. The van der Waals surface area contributed by atoms with Crippen LogP contribution in [0.15, 0.2) is 42.5 Å². The molecule has 3 rings (SSSR count). The summed E-state index contributed by atoms with van der Waals surface area (Å²) in [6, 6.07) is 12.7. The van der Waals surface area contributed by atoms with E-state index < -0.39 is 0 Å². The lowest BCUT2D eigenvalue weighted by Crippen LogP contribution is -2.41. The maximum Gasteiger partial charge on any atom is 0.239 e. The topological polar surface area (TPSA) is 58.4 Å². The predicted octanol–water partition coefficient (Wildman–Crippen LogP) is 5.81. The Morgan fingerprint density at radius 2 is 1.67 bits per heavy atom. The van der Waals surface area contributed by atoms with Crippen LogP contribution in [0.2, 0.25) is 15.1 Å². The lowest BCUT2D eigenvalue weighted by molar-refractivity contribution is -0.122. The molecule has 0 saturated heterocycles. The first-order valence-corrected chi connectivity index (χ1v) is 11.2. The van der Waals surface area contributed by atoms with Gasteiger partial charge in [-0.1, -0.05) is 66.2 Å². The number of carbonyl (C=O) groups excluding carboxylic acids is 1. The molecule has 1 aliphatic carbocycles. The van der Waals surface area contributed by atoms with E-state index in [4.69, 9.17) is 40.5 Å². The molecule has 1 aliphatic rings. The van der Waals surface area contributed by atoms with Crippen molar-refractivity contribution in [2.45, 2.75) is 38.1 Å². The van der Waals surface area contributed by atoms with Gasteiger partial charge in [-0.05, 0) is 48.7 Å². The normalized spacial score (nSPS) is 15.5. The standard InChI is InChI=1S/C23H26Cl3N3O/c1-29(14-21(30)28-18-5-3-2-4-6-18)23(19-12-11-17(25)13-20(19)26)22(27)15-7-9-16(24)10-8-15/h7-13,18H,2-6,14,27H2,1H3,(H,28,30)/b23-22-. The third kappa shape index (κ3) is 5.84. The van der Waals surface area contributed by atoms with E-state index in [-0.39, 0.29) is 18.5 Å². The Morgan fingerprint density at radius 3 is 2.30 bits per heavy atom. The summed E-state index contributed by atoms with van der Waals surface area (Å²) >= 11 is 18.6. The Kier molecular flexibility index (Phi) is 7.93. The highest BCUT2D eigenvalue weighted by atomic mass is 35.5. The van der Waals surface area contributed by atoms with Crippen LogP contribution in [0, 0.1) is 0 Å². The smallest absolute Gasteiger partial charge is 0.239 e. The summed E-state index contributed by atoms with van der Waals surface area (Å²) in [5.41, 5.74) is 9.23. The number of nitrogens with zero attached hydrogens (tertiary/aromatic N) is 1. The van der Waals surface area contributed by atoms with Crippen molar-refractivity contribution in [1.29, 1.82) is 0 Å². The zero-order chi connectivity index (χ0) is 21.7. The summed E-state index contributed by atoms with van der Waals surface area (Å²) in [6.07, 6.45) is 5.64. The average molecular weight is 467 g/mol. The van der Waals surface area contributed by atoms with Gasteiger partial charge in [0.2, 0.25) is 5.91 Å². The number of hydrogen-bond donors (Lipinski definition) is 2. The van der Waals surface area contributed by atoms with Crippen molar-refractivity contribution in [1.82, 2.24) is 10.2 Å². The largest absolute Gasteiger partial charge is 0.397 e. The number of rotatable bonds is 6. The minimum Gasteiger partial charge on any atom is -0.397 e. The molecule has 0 radical (unpaired) electrons. The summed E-state index contributed by atoms with van der Waals surface area (Å²) in [5, 5.41) is 4.77. The SMILES string of the molecule is CN(CC(=O)NC1CCCCC1)/C(=C(\N)c1ccc(Cl)cc1)c1ccc(Cl)cc1Cl. The van der Waals surface area contributed by atoms with Gasteiger partial charge in [0.15, 0.2) is 0 Å². The summed E-state index contributed by atoms with van der Waals surface area (Å²) < 4.78 is 0. The zero-order valence-corrected chi connectivity index (χ0v) is 19.2. The Morgan fingerprint density at radius 1 is 1.03 bits per heavy atom. The zero-order valence-electron chi connectivity index (χ0n) is 16.9. The summed E-state index contributed by atoms with van der Waals surface area (Å²) in [6.45, 7) is 0.166. The van der Waals surface area contributed by atoms with E-state index in [2.05, 4.69) is 5.32 Å². The second kappa shape index (κ2) is 10.4. The van der Waals surface area contributed by atoms with Crippen LogP contribution >= 0.6 is 34.8 Å². The molecular formula is C23H26Cl3N3O. The lowest BCUT2D eigenvalue weighted by Gasteiger charge is -2.28. The molecule has 0 aromatic heterocycles. The fraction of sp³-hybridized carbons (Fsp3) is 0.348. The maximum atomic E-state index is 12.7. The van der Waals surface area contributed by atoms with Crippen molar-refractivity contribution < 1.29 is 4.79 Å². The molecule has 1 amide bonds. The summed E-state index contributed by atoms with van der Waals surface area (Å²) in [5.74, 6) is -0.0316. The highest BCUT2D eigenvalue weighted by Crippen LogP contribution is 2.32. The molecule has 0 bridgehead atoms. The van der Waals surface area contributed by atoms with Crippen LogP contribution < -0.4 is 11.1 Å². The number of nitrogens with two attached hydrogens (primary N) is 1. The van der Waals surface area contributed by atoms with Gasteiger partial charge in [-0.3, -0.25) is 4.79 Å². The molecule has 0 unspecified atom stereocenters. The molecule has 7 heteroatoms. The highest BCUT2D eigenvalue weighted by Gasteiger charge is 2.21. The van der Waals surface area contributed by atoms with Crippen molar-refractivity contribution in [2.75, 3.05) is 13.6 Å². The molecule has 0 atom stereocenters. The fourth-order valence-electron chi connectivity index (χ4n) is 3.82. The fourth-order valence-corrected chi connectivity index (χ4v) is 4.44. The average Bonchev–Trinajstić information content (AvgIpc) is 2.71. The summed E-state index contributed by atoms with van der Waals surface area (Å²) in [4.78, 5) is 14.5. The van der Waals surface area contributed by atoms with E-state index in [0.29, 0.717) is 32.0 Å². The van der Waals surface area contributed by atoms with Gasteiger partial charge in [0.05, 0.1) is 23.0 Å². The molecule has 0 aliphatic heterocycles. The second-order valence-corrected chi connectivity index (χ2v) is 8.93. The molecule has 2 aromatic carbocycles. The quantitative estimate of drug-likeness (QED) is 0.528. The molecule has 1 saturated carbocycles. The molecule has 3 N–H and O–H groups in total. The van der Waals surface area contributed by atoms with Crippen molar-refractivity contribution in [3.05, 3.63) is 68.7 Å². The van der Waals surface area contributed by atoms with E-state index in [9.17, 15) is 4.79 Å². The van der Waals surface area contributed by atoms with E-state index in [1.54, 1.807) is 24.3 Å². The van der Waals surface area contributed by atoms with Gasteiger partial charge in [0.1, 0.15) is 0 Å². The number of hydrogen-bond acceptors (Lipinski definition) is 3. The van der Waals surface area contributed by atoms with Crippen molar-refractivity contribution in [2.24, 2.45) is 5.73 Å². The van der Waals surface area contributed by atoms with Crippen LogP contribution in [-0.2, 0) is 4.79 Å². The highest BCUT2D eigenvalue weighted by molar-refractivity contribution is 6.36. The van der Waals surface area contributed by atoms with E-state index in [0.717, 1.165) is 31.2 Å². The van der Waals surface area contributed by atoms with Crippen molar-refractivity contribution in [3.63, 3.8) is 0 Å². The van der Waals surface area contributed by atoms with Gasteiger partial charge in [-0.25, -0.2) is 0 Å². The number of nitrogens with one attached hydrogen (secondary N) is 1. The van der Waals surface area contributed by atoms with Crippen LogP contribution in [0.1, 0.15) is 43.2 Å². The molecule has 4 nitrogen and oxygen atoms in total. The van der Waals surface area contributed by atoms with E-state index >= 15 is 0 Å². The Balaban J connectivity index is 1.91. The van der Waals surface area contributed by atoms with Gasteiger partial charge < -0.3 is 16.0 Å². The monoisotopic (exact) mass is 465 g/mol. The first kappa shape index (κ1) is 22.8. The van der Waals surface area contributed by atoms with Gasteiger partial charge in [-0.15, -0.1) is 0 Å². The Hall–Kier alpha value is -1.88. The van der Waals surface area contributed by atoms with Crippen LogP contribution in [0.3, 0.4) is 0 Å². The van der Waals surface area contributed by atoms with Crippen LogP contribution in [0.25, 0.3) is 11.4 Å². The van der Waals surface area contributed by atoms with E-state index in [1.165, 1.54) is 6.42 Å². The Labute approximate surface area is 193 Å². The minimum absolute atomic E-state index is 0.0316. The van der Waals surface area contributed by atoms with Crippen molar-refractivity contribution in [3.8, 4) is 0 Å². The number of likely N-dealkylation sites (N-methyl/N-ethyl adjacent to an activating group) is 1. The number of benzene rings is 2. The maximum absolute atomic E-state index is 12.7.